The maximum atomic E-state index is 12.7. The highest BCUT2D eigenvalue weighted by molar-refractivity contribution is 7.93. The number of amides is 1. The smallest absolute Gasteiger partial charge is 0.271 e. The van der Waals surface area contributed by atoms with Gasteiger partial charge in [-0.2, -0.15) is 0 Å². The number of carbonyl (C=O) groups excluding carboxylic acids is 1. The van der Waals surface area contributed by atoms with Crippen LogP contribution in [0, 0.1) is 0 Å². The fourth-order valence-electron chi connectivity index (χ4n) is 1.57. The van der Waals surface area contributed by atoms with Gasteiger partial charge in [-0.3, -0.25) is 4.79 Å². The largest absolute Gasteiger partial charge is 0.483 e. The van der Waals surface area contributed by atoms with Crippen LogP contribution in [0.3, 0.4) is 0 Å². The summed E-state index contributed by atoms with van der Waals surface area (Å²) < 4.78 is 54.0. The monoisotopic (exact) mass is 339 g/mol. The van der Waals surface area contributed by atoms with Crippen LogP contribution in [-0.4, -0.2) is 25.1 Å². The van der Waals surface area contributed by atoms with E-state index < -0.39 is 33.2 Å². The predicted molar refractivity (Wildman–Crippen MR) is 71.8 cm³/mol. The van der Waals surface area contributed by atoms with E-state index in [4.69, 9.17) is 16.3 Å². The molecule has 2 rings (SSSR count). The molecule has 116 valence electrons. The number of sulfonamides is 1. The quantitative estimate of drug-likeness (QED) is 0.806. The van der Waals surface area contributed by atoms with Gasteiger partial charge in [0, 0.05) is 0 Å². The first-order valence-corrected chi connectivity index (χ1v) is 7.85. The van der Waals surface area contributed by atoms with Crippen LogP contribution >= 0.6 is 11.6 Å². The minimum Gasteiger partial charge on any atom is -0.483 e. The van der Waals surface area contributed by atoms with Crippen molar-refractivity contribution in [2.75, 3.05) is 6.61 Å². The second-order valence-electron chi connectivity index (χ2n) is 4.54. The Kier molecular flexibility index (Phi) is 4.38. The molecule has 0 aliphatic heterocycles. The molecule has 0 heterocycles. The van der Waals surface area contributed by atoms with Gasteiger partial charge < -0.3 is 4.74 Å². The summed E-state index contributed by atoms with van der Waals surface area (Å²) >= 11 is 5.72. The van der Waals surface area contributed by atoms with Crippen molar-refractivity contribution in [3.05, 3.63) is 29.8 Å². The number of halogens is 3. The predicted octanol–water partition coefficient (Wildman–Crippen LogP) is 2.18. The lowest BCUT2D eigenvalue weighted by Gasteiger charge is -2.12. The average molecular weight is 340 g/mol. The Morgan fingerprint density at radius 1 is 1.38 bits per heavy atom. The molecule has 0 aromatic heterocycles. The normalized spacial score (nSPS) is 16.6. The number of benzene rings is 1. The third kappa shape index (κ3) is 3.62. The van der Waals surface area contributed by atoms with E-state index >= 15 is 0 Å². The van der Waals surface area contributed by atoms with Crippen molar-refractivity contribution in [1.29, 1.82) is 0 Å². The van der Waals surface area contributed by atoms with Crippen LogP contribution in [0.15, 0.2) is 24.3 Å². The van der Waals surface area contributed by atoms with Crippen molar-refractivity contribution in [2.24, 2.45) is 0 Å². The number of nitrogens with one attached hydrogen (secondary N) is 1. The molecule has 0 radical (unpaired) electrons. The van der Waals surface area contributed by atoms with Crippen LogP contribution < -0.4 is 9.46 Å². The van der Waals surface area contributed by atoms with Gasteiger partial charge in [0.15, 0.2) is 10.8 Å². The molecule has 0 bridgehead atoms. The fraction of sp³-hybridized carbons (Fsp3) is 0.417. The van der Waals surface area contributed by atoms with Gasteiger partial charge >= 0.3 is 0 Å². The Morgan fingerprint density at radius 2 is 2.00 bits per heavy atom. The summed E-state index contributed by atoms with van der Waals surface area (Å²) in [4.78, 5) is 11.5. The number of rotatable bonds is 6. The standard InChI is InChI=1S/C12H12ClF2NO4S/c13-12(5-6-12)21(18,19)16-10(17)7-20-9-4-2-1-3-8(9)11(14)15/h1-4,11H,5-7H2,(H,16,17). The fourth-order valence-corrected chi connectivity index (χ4v) is 2.96. The van der Waals surface area contributed by atoms with Crippen LogP contribution in [0.2, 0.25) is 0 Å². The van der Waals surface area contributed by atoms with E-state index in [9.17, 15) is 22.0 Å². The Hall–Kier alpha value is -1.41. The molecule has 0 atom stereocenters. The number of para-hydroxylation sites is 1. The van der Waals surface area contributed by atoms with Crippen LogP contribution in [0.1, 0.15) is 24.8 Å². The number of hydrogen-bond donors (Lipinski definition) is 1. The molecule has 1 amide bonds. The molecule has 1 N–H and O–H groups in total. The van der Waals surface area contributed by atoms with E-state index in [1.165, 1.54) is 18.2 Å². The zero-order valence-corrected chi connectivity index (χ0v) is 12.3. The molecular formula is C12H12ClF2NO4S. The average Bonchev–Trinajstić information content (AvgIpc) is 3.16. The third-order valence-electron chi connectivity index (χ3n) is 2.89. The molecule has 1 fully saturated rings. The number of ether oxygens (including phenoxy) is 1. The molecule has 9 heteroatoms. The molecule has 1 aromatic carbocycles. The second kappa shape index (κ2) is 5.76. The first kappa shape index (κ1) is 16.0. The Labute approximate surface area is 125 Å². The lowest BCUT2D eigenvalue weighted by molar-refractivity contribution is -0.121. The van der Waals surface area contributed by atoms with Crippen molar-refractivity contribution in [3.8, 4) is 5.75 Å². The van der Waals surface area contributed by atoms with E-state index in [1.807, 2.05) is 0 Å². The molecule has 1 aromatic rings. The minimum atomic E-state index is -3.98. The highest BCUT2D eigenvalue weighted by atomic mass is 35.5. The first-order valence-electron chi connectivity index (χ1n) is 5.99. The topological polar surface area (TPSA) is 72.5 Å². The molecule has 21 heavy (non-hydrogen) atoms. The van der Waals surface area contributed by atoms with Crippen molar-refractivity contribution in [3.63, 3.8) is 0 Å². The van der Waals surface area contributed by atoms with E-state index in [1.54, 1.807) is 4.72 Å². The third-order valence-corrected chi connectivity index (χ3v) is 5.74. The van der Waals surface area contributed by atoms with Gasteiger partial charge in [0.05, 0.1) is 5.56 Å². The van der Waals surface area contributed by atoms with Crippen molar-refractivity contribution in [2.45, 2.75) is 23.5 Å². The van der Waals surface area contributed by atoms with Gasteiger partial charge in [0.2, 0.25) is 0 Å². The summed E-state index contributed by atoms with van der Waals surface area (Å²) in [5.41, 5.74) is -0.371. The van der Waals surface area contributed by atoms with E-state index in [2.05, 4.69) is 0 Å². The maximum Gasteiger partial charge on any atom is 0.271 e. The summed E-state index contributed by atoms with van der Waals surface area (Å²) in [5.74, 6) is -1.14. The van der Waals surface area contributed by atoms with Crippen LogP contribution in [-0.2, 0) is 14.8 Å². The van der Waals surface area contributed by atoms with Crippen LogP contribution in [0.25, 0.3) is 0 Å². The van der Waals surface area contributed by atoms with Gasteiger partial charge in [0.1, 0.15) is 5.75 Å². The highest BCUT2D eigenvalue weighted by Gasteiger charge is 2.54. The molecule has 0 spiro atoms. The molecule has 5 nitrogen and oxygen atoms in total. The van der Waals surface area contributed by atoms with Gasteiger partial charge in [0.25, 0.3) is 22.4 Å². The lowest BCUT2D eigenvalue weighted by atomic mass is 10.2. The van der Waals surface area contributed by atoms with E-state index in [0.717, 1.165) is 6.07 Å². The molecule has 0 unspecified atom stereocenters. The van der Waals surface area contributed by atoms with E-state index in [0.29, 0.717) is 0 Å². The molecular weight excluding hydrogens is 328 g/mol. The second-order valence-corrected chi connectivity index (χ2v) is 7.48. The summed E-state index contributed by atoms with van der Waals surface area (Å²) in [6.07, 6.45) is -2.25. The number of hydrogen-bond acceptors (Lipinski definition) is 4. The zero-order chi connectivity index (χ0) is 15.7. The lowest BCUT2D eigenvalue weighted by Crippen LogP contribution is -2.39. The molecule has 0 saturated heterocycles. The molecule has 1 aliphatic rings. The van der Waals surface area contributed by atoms with Gasteiger partial charge in [-0.15, -0.1) is 0 Å². The first-order chi connectivity index (χ1) is 9.75. The Balaban J connectivity index is 1.96. The Morgan fingerprint density at radius 3 is 2.57 bits per heavy atom. The van der Waals surface area contributed by atoms with Gasteiger partial charge in [-0.25, -0.2) is 21.9 Å². The van der Waals surface area contributed by atoms with Crippen molar-refractivity contribution >= 4 is 27.5 Å². The van der Waals surface area contributed by atoms with Crippen molar-refractivity contribution < 1.29 is 26.7 Å². The molecule has 1 saturated carbocycles. The van der Waals surface area contributed by atoms with E-state index in [-0.39, 0.29) is 24.2 Å². The molecule has 1 aliphatic carbocycles. The van der Waals surface area contributed by atoms with Crippen molar-refractivity contribution in [1.82, 2.24) is 4.72 Å². The zero-order valence-electron chi connectivity index (χ0n) is 10.7. The van der Waals surface area contributed by atoms with Crippen LogP contribution in [0.4, 0.5) is 8.78 Å². The number of carbonyl (C=O) groups is 1. The van der Waals surface area contributed by atoms with Gasteiger partial charge in [-0.05, 0) is 25.0 Å². The minimum absolute atomic E-state index is 0.174. The summed E-state index contributed by atoms with van der Waals surface area (Å²) in [6.45, 7) is -0.698. The van der Waals surface area contributed by atoms with Gasteiger partial charge in [-0.1, -0.05) is 23.7 Å². The maximum absolute atomic E-state index is 12.7. The summed E-state index contributed by atoms with van der Waals surface area (Å²) in [7, 11) is -3.98. The summed E-state index contributed by atoms with van der Waals surface area (Å²) in [6, 6.07) is 5.30. The highest BCUT2D eigenvalue weighted by Crippen LogP contribution is 2.46. The van der Waals surface area contributed by atoms with Crippen LogP contribution in [0.5, 0.6) is 5.75 Å². The summed E-state index contributed by atoms with van der Waals surface area (Å²) in [5, 5.41) is 0. The number of alkyl halides is 3. The Bertz CT molecular complexity index is 646. The SMILES string of the molecule is O=C(COc1ccccc1C(F)F)NS(=O)(=O)C1(Cl)CC1.